The van der Waals surface area contributed by atoms with Gasteiger partial charge in [-0.25, -0.2) is 0 Å². The van der Waals surface area contributed by atoms with Gasteiger partial charge in [-0.3, -0.25) is 5.41 Å². The first kappa shape index (κ1) is 14.4. The second kappa shape index (κ2) is 5.95. The molecule has 0 radical (unpaired) electrons. The van der Waals surface area contributed by atoms with Crippen molar-refractivity contribution in [1.82, 2.24) is 0 Å². The van der Waals surface area contributed by atoms with Gasteiger partial charge in [-0.2, -0.15) is 0 Å². The number of nitrogens with zero attached hydrogens (tertiary/aromatic N) is 1. The smallest absolute Gasteiger partial charge is 0.126 e. The number of halogens is 1. The first-order valence-electron chi connectivity index (χ1n) is 6.88. The van der Waals surface area contributed by atoms with Crippen LogP contribution >= 0.6 is 15.9 Å². The molecule has 1 aromatic carbocycles. The standard InChI is InChI=1S/C15H22BrN3/c1-10-6-3-4-8-12(10)19(2)13-9-5-7-11(16)14(13)15(17)18/h5,7,9-10,12H,3-4,6,8H2,1-2H3,(H3,17,18). The van der Waals surface area contributed by atoms with E-state index in [0.717, 1.165) is 15.7 Å². The van der Waals surface area contributed by atoms with Crippen molar-refractivity contribution in [3.8, 4) is 0 Å². The van der Waals surface area contributed by atoms with Crippen molar-refractivity contribution in [2.75, 3.05) is 11.9 Å². The predicted molar refractivity (Wildman–Crippen MR) is 85.0 cm³/mol. The van der Waals surface area contributed by atoms with Gasteiger partial charge in [-0.05, 0) is 46.8 Å². The number of amidine groups is 1. The quantitative estimate of drug-likeness (QED) is 0.657. The summed E-state index contributed by atoms with van der Waals surface area (Å²) in [6, 6.07) is 6.55. The molecule has 0 bridgehead atoms. The van der Waals surface area contributed by atoms with Crippen LogP contribution in [0.1, 0.15) is 38.2 Å². The Kier molecular flexibility index (Phi) is 4.50. The minimum atomic E-state index is 0.123. The summed E-state index contributed by atoms with van der Waals surface area (Å²) in [5, 5.41) is 7.80. The molecule has 3 N–H and O–H groups in total. The Hall–Kier alpha value is -1.03. The Labute approximate surface area is 123 Å². The lowest BCUT2D eigenvalue weighted by Gasteiger charge is -2.38. The highest BCUT2D eigenvalue weighted by atomic mass is 79.9. The van der Waals surface area contributed by atoms with E-state index in [-0.39, 0.29) is 5.84 Å². The van der Waals surface area contributed by atoms with Gasteiger partial charge >= 0.3 is 0 Å². The number of hydrogen-bond donors (Lipinski definition) is 2. The molecule has 0 saturated heterocycles. The minimum Gasteiger partial charge on any atom is -0.384 e. The predicted octanol–water partition coefficient (Wildman–Crippen LogP) is 3.75. The number of hydrogen-bond acceptors (Lipinski definition) is 2. The normalized spacial score (nSPS) is 23.1. The van der Waals surface area contributed by atoms with Crippen molar-refractivity contribution in [1.29, 1.82) is 5.41 Å². The number of nitrogen functional groups attached to an aromatic ring is 1. The zero-order chi connectivity index (χ0) is 14.0. The van der Waals surface area contributed by atoms with Gasteiger partial charge in [-0.15, -0.1) is 0 Å². The fourth-order valence-electron chi connectivity index (χ4n) is 3.12. The minimum absolute atomic E-state index is 0.123. The molecule has 4 heteroatoms. The lowest BCUT2D eigenvalue weighted by Crippen LogP contribution is -2.40. The van der Waals surface area contributed by atoms with E-state index in [2.05, 4.69) is 40.9 Å². The van der Waals surface area contributed by atoms with Gasteiger partial charge in [0.25, 0.3) is 0 Å². The maximum absolute atomic E-state index is 7.80. The fourth-order valence-corrected chi connectivity index (χ4v) is 3.69. The Morgan fingerprint density at radius 3 is 2.68 bits per heavy atom. The van der Waals surface area contributed by atoms with Crippen molar-refractivity contribution >= 4 is 27.5 Å². The third-order valence-corrected chi connectivity index (χ3v) is 4.87. The van der Waals surface area contributed by atoms with Gasteiger partial charge in [0, 0.05) is 23.2 Å². The van der Waals surface area contributed by atoms with Crippen LogP contribution in [0.4, 0.5) is 5.69 Å². The van der Waals surface area contributed by atoms with E-state index >= 15 is 0 Å². The molecule has 2 rings (SSSR count). The first-order valence-corrected chi connectivity index (χ1v) is 7.67. The second-order valence-corrected chi connectivity index (χ2v) is 6.34. The van der Waals surface area contributed by atoms with Crippen LogP contribution < -0.4 is 10.6 Å². The molecule has 0 amide bonds. The lowest BCUT2D eigenvalue weighted by molar-refractivity contribution is 0.321. The van der Waals surface area contributed by atoms with Crippen molar-refractivity contribution in [2.24, 2.45) is 11.7 Å². The van der Waals surface area contributed by atoms with Crippen LogP contribution in [0.15, 0.2) is 22.7 Å². The molecular weight excluding hydrogens is 302 g/mol. The average molecular weight is 324 g/mol. The number of anilines is 1. The molecule has 0 heterocycles. The molecule has 1 aliphatic carbocycles. The Balaban J connectivity index is 2.35. The maximum atomic E-state index is 7.80. The van der Waals surface area contributed by atoms with Gasteiger partial charge < -0.3 is 10.6 Å². The fraction of sp³-hybridized carbons (Fsp3) is 0.533. The highest BCUT2D eigenvalue weighted by Crippen LogP contribution is 2.34. The number of nitrogens with two attached hydrogens (primary N) is 1. The van der Waals surface area contributed by atoms with Gasteiger partial charge in [0.2, 0.25) is 0 Å². The Bertz CT molecular complexity index is 472. The van der Waals surface area contributed by atoms with Crippen molar-refractivity contribution in [2.45, 2.75) is 38.6 Å². The average Bonchev–Trinajstić information content (AvgIpc) is 2.37. The molecule has 0 spiro atoms. The van der Waals surface area contributed by atoms with Crippen LogP contribution in [0, 0.1) is 11.3 Å². The Morgan fingerprint density at radius 1 is 1.37 bits per heavy atom. The zero-order valence-corrected chi connectivity index (χ0v) is 13.2. The zero-order valence-electron chi connectivity index (χ0n) is 11.6. The molecule has 0 aliphatic heterocycles. The van der Waals surface area contributed by atoms with Crippen LogP contribution in [0.5, 0.6) is 0 Å². The van der Waals surface area contributed by atoms with E-state index in [0.29, 0.717) is 12.0 Å². The van der Waals surface area contributed by atoms with E-state index in [1.807, 2.05) is 12.1 Å². The van der Waals surface area contributed by atoms with Crippen LogP contribution in [-0.2, 0) is 0 Å². The lowest BCUT2D eigenvalue weighted by atomic mass is 9.84. The van der Waals surface area contributed by atoms with Gasteiger partial charge in [0.05, 0.1) is 5.56 Å². The van der Waals surface area contributed by atoms with Gasteiger partial charge in [0.1, 0.15) is 5.84 Å². The Morgan fingerprint density at radius 2 is 2.05 bits per heavy atom. The van der Waals surface area contributed by atoms with E-state index in [9.17, 15) is 0 Å². The molecule has 1 aromatic rings. The summed E-state index contributed by atoms with van der Waals surface area (Å²) in [5.74, 6) is 0.815. The van der Waals surface area contributed by atoms with Gasteiger partial charge in [-0.1, -0.05) is 25.8 Å². The number of rotatable bonds is 3. The summed E-state index contributed by atoms with van der Waals surface area (Å²) in [5.41, 5.74) is 7.61. The van der Waals surface area contributed by atoms with Crippen LogP contribution in [0.2, 0.25) is 0 Å². The SMILES string of the molecule is CC1CCCCC1N(C)c1cccc(Br)c1C(=N)N. The highest BCUT2D eigenvalue weighted by Gasteiger charge is 2.27. The van der Waals surface area contributed by atoms with E-state index < -0.39 is 0 Å². The van der Waals surface area contributed by atoms with E-state index in [1.165, 1.54) is 25.7 Å². The third-order valence-electron chi connectivity index (χ3n) is 4.20. The summed E-state index contributed by atoms with van der Waals surface area (Å²) in [4.78, 5) is 2.31. The first-order chi connectivity index (χ1) is 9.02. The molecule has 2 unspecified atom stereocenters. The highest BCUT2D eigenvalue weighted by molar-refractivity contribution is 9.10. The molecule has 1 saturated carbocycles. The summed E-state index contributed by atoms with van der Waals surface area (Å²) < 4.78 is 0.896. The van der Waals surface area contributed by atoms with Crippen LogP contribution in [0.3, 0.4) is 0 Å². The molecule has 104 valence electrons. The van der Waals surface area contributed by atoms with Crippen LogP contribution in [-0.4, -0.2) is 18.9 Å². The summed E-state index contributed by atoms with van der Waals surface area (Å²) >= 11 is 3.51. The van der Waals surface area contributed by atoms with Crippen molar-refractivity contribution in [3.63, 3.8) is 0 Å². The molecule has 19 heavy (non-hydrogen) atoms. The molecule has 2 atom stereocenters. The summed E-state index contributed by atoms with van der Waals surface area (Å²) in [6.07, 6.45) is 5.15. The van der Waals surface area contributed by atoms with Crippen LogP contribution in [0.25, 0.3) is 0 Å². The molecule has 3 nitrogen and oxygen atoms in total. The summed E-state index contributed by atoms with van der Waals surface area (Å²) in [7, 11) is 2.13. The molecule has 1 aliphatic rings. The molecular formula is C15H22BrN3. The third kappa shape index (κ3) is 2.94. The number of nitrogens with one attached hydrogen (secondary N) is 1. The largest absolute Gasteiger partial charge is 0.384 e. The monoisotopic (exact) mass is 323 g/mol. The van der Waals surface area contributed by atoms with E-state index in [1.54, 1.807) is 0 Å². The molecule has 1 fully saturated rings. The van der Waals surface area contributed by atoms with Crippen molar-refractivity contribution in [3.05, 3.63) is 28.2 Å². The van der Waals surface area contributed by atoms with E-state index in [4.69, 9.17) is 11.1 Å². The maximum Gasteiger partial charge on any atom is 0.126 e. The second-order valence-electron chi connectivity index (χ2n) is 5.49. The van der Waals surface area contributed by atoms with Gasteiger partial charge in [0.15, 0.2) is 0 Å². The van der Waals surface area contributed by atoms with Crippen molar-refractivity contribution < 1.29 is 0 Å². The summed E-state index contributed by atoms with van der Waals surface area (Å²) in [6.45, 7) is 2.33. The number of benzene rings is 1. The topological polar surface area (TPSA) is 53.1 Å². The molecule has 0 aromatic heterocycles.